The minimum atomic E-state index is -0.331. The Morgan fingerprint density at radius 2 is 1.81 bits per heavy atom. The molecule has 2 heterocycles. The van der Waals surface area contributed by atoms with Crippen LogP contribution in [-0.4, -0.2) is 55.5 Å². The summed E-state index contributed by atoms with van der Waals surface area (Å²) in [7, 11) is 0. The molecule has 4 rings (SSSR count). The number of rotatable bonds is 6. The van der Waals surface area contributed by atoms with E-state index < -0.39 is 0 Å². The summed E-state index contributed by atoms with van der Waals surface area (Å²) in [6.07, 6.45) is 3.10. The number of hydrogen-bond donors (Lipinski definition) is 1. The van der Waals surface area contributed by atoms with Crippen LogP contribution in [0.25, 0.3) is 0 Å². The second-order valence-electron chi connectivity index (χ2n) is 7.54. The highest BCUT2D eigenvalue weighted by Crippen LogP contribution is 2.34. The van der Waals surface area contributed by atoms with Crippen LogP contribution >= 0.6 is 0 Å². The van der Waals surface area contributed by atoms with E-state index in [9.17, 15) is 14.4 Å². The molecule has 162 valence electrons. The summed E-state index contributed by atoms with van der Waals surface area (Å²) in [5.41, 5.74) is 0.970. The Bertz CT molecular complexity index is 957. The van der Waals surface area contributed by atoms with Crippen molar-refractivity contribution >= 4 is 29.1 Å². The first-order valence-corrected chi connectivity index (χ1v) is 10.4. The number of fused-ring (bicyclic) bond motifs is 1. The third-order valence-electron chi connectivity index (χ3n) is 5.30. The molecule has 8 heteroatoms. The number of carbonyl (C=O) groups is 3. The quantitative estimate of drug-likeness (QED) is 0.771. The lowest BCUT2D eigenvalue weighted by atomic mass is 10.1. The van der Waals surface area contributed by atoms with Gasteiger partial charge in [-0.25, -0.2) is 0 Å². The maximum absolute atomic E-state index is 12.7. The van der Waals surface area contributed by atoms with Crippen molar-refractivity contribution in [2.24, 2.45) is 0 Å². The highest BCUT2D eigenvalue weighted by molar-refractivity contribution is 6.03. The van der Waals surface area contributed by atoms with Gasteiger partial charge >= 0.3 is 0 Å². The second-order valence-corrected chi connectivity index (χ2v) is 7.54. The molecule has 0 radical (unpaired) electrons. The minimum absolute atomic E-state index is 0.0380. The molecule has 0 bridgehead atoms. The number of nitrogens with zero attached hydrogens (tertiary/aromatic N) is 2. The molecule has 0 aliphatic carbocycles. The maximum atomic E-state index is 12.7. The first kappa shape index (κ1) is 20.7. The average molecular weight is 423 g/mol. The van der Waals surface area contributed by atoms with Gasteiger partial charge in [0.25, 0.3) is 11.8 Å². The van der Waals surface area contributed by atoms with Gasteiger partial charge in [-0.2, -0.15) is 0 Å². The molecule has 2 aliphatic rings. The lowest BCUT2D eigenvalue weighted by Crippen LogP contribution is -2.47. The van der Waals surface area contributed by atoms with Crippen molar-refractivity contribution in [2.45, 2.75) is 19.3 Å². The number of likely N-dealkylation sites (tertiary alicyclic amines) is 1. The Hall–Kier alpha value is -3.55. The molecule has 2 aromatic rings. The normalized spacial score (nSPS) is 15.7. The lowest BCUT2D eigenvalue weighted by Gasteiger charge is -2.33. The highest BCUT2D eigenvalue weighted by atomic mass is 16.5. The molecular formula is C23H25N3O5. The largest absolute Gasteiger partial charge is 0.484 e. The van der Waals surface area contributed by atoms with Gasteiger partial charge in [-0.3, -0.25) is 19.3 Å². The minimum Gasteiger partial charge on any atom is -0.484 e. The van der Waals surface area contributed by atoms with Gasteiger partial charge in [0, 0.05) is 18.8 Å². The summed E-state index contributed by atoms with van der Waals surface area (Å²) >= 11 is 0. The molecule has 0 spiro atoms. The van der Waals surface area contributed by atoms with E-state index in [1.54, 1.807) is 35.2 Å². The van der Waals surface area contributed by atoms with Gasteiger partial charge in [0.15, 0.2) is 13.2 Å². The topological polar surface area (TPSA) is 88.2 Å². The molecule has 0 saturated carbocycles. The van der Waals surface area contributed by atoms with Gasteiger partial charge < -0.3 is 19.7 Å². The van der Waals surface area contributed by atoms with Crippen LogP contribution in [0.3, 0.4) is 0 Å². The number of nitrogens with one attached hydrogen (secondary N) is 1. The standard InChI is InChI=1S/C23H25N3O5/c27-21(15-30-18-7-3-1-4-8-18)24-17-9-10-20-19(13-17)26(23(29)16-31-20)14-22(28)25-11-5-2-6-12-25/h1,3-4,7-10,13H,2,5-6,11-12,14-16H2,(H,24,27). The van der Waals surface area contributed by atoms with Gasteiger partial charge in [-0.15, -0.1) is 0 Å². The third-order valence-corrected chi connectivity index (χ3v) is 5.30. The Morgan fingerprint density at radius 3 is 2.58 bits per heavy atom. The maximum Gasteiger partial charge on any atom is 0.265 e. The lowest BCUT2D eigenvalue weighted by molar-refractivity contribution is -0.132. The van der Waals surface area contributed by atoms with Crippen LogP contribution in [0.15, 0.2) is 48.5 Å². The number of benzene rings is 2. The summed E-state index contributed by atoms with van der Waals surface area (Å²) in [6, 6.07) is 14.1. The molecule has 1 N–H and O–H groups in total. The van der Waals surface area contributed by atoms with Gasteiger partial charge in [0.05, 0.1) is 5.69 Å². The predicted molar refractivity (Wildman–Crippen MR) is 115 cm³/mol. The summed E-state index contributed by atoms with van der Waals surface area (Å²) in [4.78, 5) is 40.7. The summed E-state index contributed by atoms with van der Waals surface area (Å²) in [5, 5.41) is 2.76. The molecule has 2 aromatic carbocycles. The Kier molecular flexibility index (Phi) is 6.35. The Morgan fingerprint density at radius 1 is 1.03 bits per heavy atom. The fourth-order valence-corrected chi connectivity index (χ4v) is 3.69. The van der Waals surface area contributed by atoms with E-state index in [1.807, 2.05) is 18.2 Å². The summed E-state index contributed by atoms with van der Waals surface area (Å²) < 4.78 is 11.0. The fraction of sp³-hybridized carbons (Fsp3) is 0.348. The van der Waals surface area contributed by atoms with E-state index in [2.05, 4.69) is 5.32 Å². The molecular weight excluding hydrogens is 398 g/mol. The van der Waals surface area contributed by atoms with E-state index in [4.69, 9.17) is 9.47 Å². The monoisotopic (exact) mass is 423 g/mol. The zero-order valence-electron chi connectivity index (χ0n) is 17.2. The highest BCUT2D eigenvalue weighted by Gasteiger charge is 2.29. The Labute approximate surface area is 180 Å². The first-order chi connectivity index (χ1) is 15.1. The van der Waals surface area contributed by atoms with Crippen molar-refractivity contribution in [3.63, 3.8) is 0 Å². The van der Waals surface area contributed by atoms with E-state index in [0.717, 1.165) is 32.4 Å². The van der Waals surface area contributed by atoms with Crippen LogP contribution < -0.4 is 19.7 Å². The van der Waals surface area contributed by atoms with Crippen molar-refractivity contribution in [3.8, 4) is 11.5 Å². The molecule has 0 atom stereocenters. The van der Waals surface area contributed by atoms with Crippen LogP contribution in [-0.2, 0) is 14.4 Å². The number of ether oxygens (including phenoxy) is 2. The summed E-state index contributed by atoms with van der Waals surface area (Å²) in [6.45, 7) is 1.15. The molecule has 1 saturated heterocycles. The summed E-state index contributed by atoms with van der Waals surface area (Å²) in [5.74, 6) is 0.414. The number of para-hydroxylation sites is 1. The number of anilines is 2. The van der Waals surface area contributed by atoms with Crippen molar-refractivity contribution < 1.29 is 23.9 Å². The Balaban J connectivity index is 1.43. The zero-order valence-corrected chi connectivity index (χ0v) is 17.2. The average Bonchev–Trinajstić information content (AvgIpc) is 2.81. The number of piperidine rings is 1. The molecule has 1 fully saturated rings. The number of carbonyl (C=O) groups excluding carboxylic acids is 3. The number of hydrogen-bond acceptors (Lipinski definition) is 5. The van der Waals surface area contributed by atoms with Crippen LogP contribution in [0.5, 0.6) is 11.5 Å². The van der Waals surface area contributed by atoms with Crippen molar-refractivity contribution in [1.82, 2.24) is 4.90 Å². The molecule has 0 unspecified atom stereocenters. The van der Waals surface area contributed by atoms with Gasteiger partial charge in [-0.05, 0) is 49.6 Å². The first-order valence-electron chi connectivity index (χ1n) is 10.4. The van der Waals surface area contributed by atoms with Crippen molar-refractivity contribution in [2.75, 3.05) is 43.1 Å². The van der Waals surface area contributed by atoms with E-state index in [0.29, 0.717) is 22.9 Å². The van der Waals surface area contributed by atoms with Crippen molar-refractivity contribution in [1.29, 1.82) is 0 Å². The molecule has 0 aromatic heterocycles. The molecule has 8 nitrogen and oxygen atoms in total. The zero-order chi connectivity index (χ0) is 21.6. The smallest absolute Gasteiger partial charge is 0.265 e. The van der Waals surface area contributed by atoms with Crippen LogP contribution in [0.2, 0.25) is 0 Å². The van der Waals surface area contributed by atoms with Crippen LogP contribution in [0.4, 0.5) is 11.4 Å². The molecule has 2 aliphatic heterocycles. The predicted octanol–water partition coefficient (Wildman–Crippen LogP) is 2.44. The van der Waals surface area contributed by atoms with Gasteiger partial charge in [-0.1, -0.05) is 18.2 Å². The van der Waals surface area contributed by atoms with Gasteiger partial charge in [0.1, 0.15) is 18.0 Å². The van der Waals surface area contributed by atoms with Crippen molar-refractivity contribution in [3.05, 3.63) is 48.5 Å². The van der Waals surface area contributed by atoms with E-state index in [-0.39, 0.29) is 37.5 Å². The van der Waals surface area contributed by atoms with Gasteiger partial charge in [0.2, 0.25) is 5.91 Å². The van der Waals surface area contributed by atoms with E-state index in [1.165, 1.54) is 4.90 Å². The second kappa shape index (κ2) is 9.51. The molecule has 31 heavy (non-hydrogen) atoms. The molecule has 3 amide bonds. The van der Waals surface area contributed by atoms with E-state index >= 15 is 0 Å². The van der Waals surface area contributed by atoms with Crippen LogP contribution in [0.1, 0.15) is 19.3 Å². The van der Waals surface area contributed by atoms with Crippen LogP contribution in [0, 0.1) is 0 Å². The fourth-order valence-electron chi connectivity index (χ4n) is 3.69. The third kappa shape index (κ3) is 5.14. The number of amides is 3. The SMILES string of the molecule is O=C(COc1ccccc1)Nc1ccc2c(c1)N(CC(=O)N1CCCCC1)C(=O)CO2.